The summed E-state index contributed by atoms with van der Waals surface area (Å²) in [5, 5.41) is 8.60. The van der Waals surface area contributed by atoms with Gasteiger partial charge in [0, 0.05) is 13.1 Å². The molecule has 0 bridgehead atoms. The summed E-state index contributed by atoms with van der Waals surface area (Å²) in [6, 6.07) is 2.57. The van der Waals surface area contributed by atoms with Crippen LogP contribution in [0, 0.1) is 5.82 Å². The Labute approximate surface area is 97.3 Å². The number of carbonyl (C=O) groups is 1. The number of nitrogens with two attached hydrogens (primary N) is 1. The molecule has 1 aromatic rings. The Kier molecular flexibility index (Phi) is 4.16. The average Bonchev–Trinajstić information content (AvgIpc) is 2.25. The van der Waals surface area contributed by atoms with Gasteiger partial charge in [-0.15, -0.1) is 0 Å². The van der Waals surface area contributed by atoms with Gasteiger partial charge in [0.1, 0.15) is 10.7 Å². The minimum atomic E-state index is -3.99. The zero-order valence-corrected chi connectivity index (χ0v) is 9.50. The van der Waals surface area contributed by atoms with E-state index in [2.05, 4.69) is 4.72 Å². The minimum Gasteiger partial charge on any atom is -0.478 e. The van der Waals surface area contributed by atoms with Crippen molar-refractivity contribution in [1.82, 2.24) is 4.72 Å². The Hall–Kier alpha value is -1.51. The molecule has 0 unspecified atom stereocenters. The number of sulfonamides is 1. The molecule has 0 amide bonds. The monoisotopic (exact) mass is 262 g/mol. The number of hydrogen-bond acceptors (Lipinski definition) is 4. The van der Waals surface area contributed by atoms with Gasteiger partial charge in [0.2, 0.25) is 10.0 Å². The number of nitrogens with one attached hydrogen (secondary N) is 1. The fourth-order valence-electron chi connectivity index (χ4n) is 1.12. The third-order valence-electron chi connectivity index (χ3n) is 1.90. The summed E-state index contributed by atoms with van der Waals surface area (Å²) >= 11 is 0. The molecule has 6 nitrogen and oxygen atoms in total. The summed E-state index contributed by atoms with van der Waals surface area (Å²) in [5.74, 6) is -2.45. The van der Waals surface area contributed by atoms with Gasteiger partial charge in [0.15, 0.2) is 0 Å². The Morgan fingerprint density at radius 2 is 2.12 bits per heavy atom. The quantitative estimate of drug-likeness (QED) is 0.678. The van der Waals surface area contributed by atoms with Crippen molar-refractivity contribution in [2.75, 3.05) is 13.1 Å². The number of benzene rings is 1. The van der Waals surface area contributed by atoms with Gasteiger partial charge in [-0.1, -0.05) is 0 Å². The highest BCUT2D eigenvalue weighted by Crippen LogP contribution is 2.15. The first-order valence-electron chi connectivity index (χ1n) is 4.61. The highest BCUT2D eigenvalue weighted by atomic mass is 32.2. The molecule has 1 rings (SSSR count). The molecular weight excluding hydrogens is 251 g/mol. The Balaban J connectivity index is 3.12. The molecule has 0 fully saturated rings. The van der Waals surface area contributed by atoms with Crippen LogP contribution in [0.5, 0.6) is 0 Å². The second-order valence-electron chi connectivity index (χ2n) is 3.14. The molecule has 0 saturated heterocycles. The van der Waals surface area contributed by atoms with Crippen LogP contribution in [0.2, 0.25) is 0 Å². The zero-order chi connectivity index (χ0) is 13.1. The van der Waals surface area contributed by atoms with Crippen LogP contribution >= 0.6 is 0 Å². The standard InChI is InChI=1S/C9H11FN2O4S/c10-7-5-6(9(13)14)1-2-8(7)17(15,16)12-4-3-11/h1-2,5,12H,3-4,11H2,(H,13,14). The molecule has 0 atom stereocenters. The van der Waals surface area contributed by atoms with Gasteiger partial charge in [0.25, 0.3) is 0 Å². The molecule has 0 aliphatic carbocycles. The van der Waals surface area contributed by atoms with Gasteiger partial charge >= 0.3 is 5.97 Å². The lowest BCUT2D eigenvalue weighted by atomic mass is 10.2. The Morgan fingerprint density at radius 3 is 2.59 bits per heavy atom. The summed E-state index contributed by atoms with van der Waals surface area (Å²) in [7, 11) is -3.99. The van der Waals surface area contributed by atoms with E-state index in [4.69, 9.17) is 10.8 Å². The van der Waals surface area contributed by atoms with Crippen LogP contribution in [0.1, 0.15) is 10.4 Å². The van der Waals surface area contributed by atoms with Crippen molar-refractivity contribution in [1.29, 1.82) is 0 Å². The van der Waals surface area contributed by atoms with Crippen molar-refractivity contribution in [2.45, 2.75) is 4.90 Å². The van der Waals surface area contributed by atoms with Gasteiger partial charge in [-0.3, -0.25) is 0 Å². The van der Waals surface area contributed by atoms with E-state index in [-0.39, 0.29) is 18.7 Å². The Morgan fingerprint density at radius 1 is 1.47 bits per heavy atom. The highest BCUT2D eigenvalue weighted by Gasteiger charge is 2.19. The van der Waals surface area contributed by atoms with Crippen LogP contribution in [0.15, 0.2) is 23.1 Å². The number of aromatic carboxylic acids is 1. The summed E-state index contributed by atoms with van der Waals surface area (Å²) in [6.45, 7) is 0.0521. The zero-order valence-electron chi connectivity index (χ0n) is 8.68. The number of carboxylic acids is 1. The van der Waals surface area contributed by atoms with Crippen LogP contribution < -0.4 is 10.5 Å². The molecule has 8 heteroatoms. The fourth-order valence-corrected chi connectivity index (χ4v) is 2.23. The first kappa shape index (κ1) is 13.6. The molecular formula is C9H11FN2O4S. The van der Waals surface area contributed by atoms with E-state index in [1.54, 1.807) is 0 Å². The van der Waals surface area contributed by atoms with Gasteiger partial charge in [-0.2, -0.15) is 0 Å². The van der Waals surface area contributed by atoms with Crippen molar-refractivity contribution in [3.8, 4) is 0 Å². The molecule has 0 spiro atoms. The predicted octanol–water partition coefficient (Wildman–Crippen LogP) is -0.239. The van der Waals surface area contributed by atoms with Gasteiger partial charge in [-0.25, -0.2) is 22.3 Å². The number of hydrogen-bond donors (Lipinski definition) is 3. The van der Waals surface area contributed by atoms with Crippen molar-refractivity contribution in [3.05, 3.63) is 29.6 Å². The average molecular weight is 262 g/mol. The SMILES string of the molecule is NCCNS(=O)(=O)c1ccc(C(=O)O)cc1F. The third kappa shape index (κ3) is 3.22. The van der Waals surface area contributed by atoms with Crippen molar-refractivity contribution < 1.29 is 22.7 Å². The molecule has 0 aliphatic heterocycles. The highest BCUT2D eigenvalue weighted by molar-refractivity contribution is 7.89. The molecule has 0 aliphatic rings. The second-order valence-corrected chi connectivity index (χ2v) is 4.87. The number of halogens is 1. The number of rotatable bonds is 5. The third-order valence-corrected chi connectivity index (χ3v) is 3.40. The summed E-state index contributed by atoms with van der Waals surface area (Å²) < 4.78 is 38.6. The molecule has 94 valence electrons. The van der Waals surface area contributed by atoms with Crippen molar-refractivity contribution >= 4 is 16.0 Å². The summed E-state index contributed by atoms with van der Waals surface area (Å²) in [4.78, 5) is 9.94. The molecule has 0 heterocycles. The van der Waals surface area contributed by atoms with Gasteiger partial charge in [0.05, 0.1) is 5.56 Å². The van der Waals surface area contributed by atoms with Crippen LogP contribution in [0.4, 0.5) is 4.39 Å². The molecule has 0 aromatic heterocycles. The first-order chi connectivity index (χ1) is 7.88. The summed E-state index contributed by atoms with van der Waals surface area (Å²) in [6.07, 6.45) is 0. The maximum atomic E-state index is 13.4. The van der Waals surface area contributed by atoms with E-state index in [1.165, 1.54) is 0 Å². The lowest BCUT2D eigenvalue weighted by Gasteiger charge is -2.06. The van der Waals surface area contributed by atoms with Crippen LogP contribution in [0.25, 0.3) is 0 Å². The topological polar surface area (TPSA) is 109 Å². The Bertz CT molecular complexity index is 530. The van der Waals surface area contributed by atoms with Crippen molar-refractivity contribution in [3.63, 3.8) is 0 Å². The van der Waals surface area contributed by atoms with Crippen LogP contribution in [-0.4, -0.2) is 32.6 Å². The van der Waals surface area contributed by atoms with E-state index in [9.17, 15) is 17.6 Å². The molecule has 0 saturated carbocycles. The van der Waals surface area contributed by atoms with Crippen LogP contribution in [-0.2, 0) is 10.0 Å². The van der Waals surface area contributed by atoms with E-state index < -0.39 is 26.7 Å². The van der Waals surface area contributed by atoms with E-state index in [0.717, 1.165) is 12.1 Å². The predicted molar refractivity (Wildman–Crippen MR) is 57.6 cm³/mol. The fraction of sp³-hybridized carbons (Fsp3) is 0.222. The molecule has 1 aromatic carbocycles. The normalized spacial score (nSPS) is 11.4. The van der Waals surface area contributed by atoms with E-state index >= 15 is 0 Å². The lowest BCUT2D eigenvalue weighted by molar-refractivity contribution is 0.0696. The van der Waals surface area contributed by atoms with E-state index in [0.29, 0.717) is 6.07 Å². The maximum Gasteiger partial charge on any atom is 0.335 e. The second kappa shape index (κ2) is 5.21. The number of carboxylic acid groups (broad SMARTS) is 1. The summed E-state index contributed by atoms with van der Waals surface area (Å²) in [5.41, 5.74) is 4.80. The smallest absolute Gasteiger partial charge is 0.335 e. The minimum absolute atomic E-state index is 0.0253. The lowest BCUT2D eigenvalue weighted by Crippen LogP contribution is -2.29. The van der Waals surface area contributed by atoms with Gasteiger partial charge in [-0.05, 0) is 18.2 Å². The first-order valence-corrected chi connectivity index (χ1v) is 6.09. The van der Waals surface area contributed by atoms with Crippen molar-refractivity contribution in [2.24, 2.45) is 5.73 Å². The molecule has 0 radical (unpaired) electrons. The van der Waals surface area contributed by atoms with E-state index in [1.807, 2.05) is 0 Å². The van der Waals surface area contributed by atoms with Gasteiger partial charge < -0.3 is 10.8 Å². The molecule has 4 N–H and O–H groups in total. The van der Waals surface area contributed by atoms with Crippen LogP contribution in [0.3, 0.4) is 0 Å². The maximum absolute atomic E-state index is 13.4. The largest absolute Gasteiger partial charge is 0.478 e. The molecule has 17 heavy (non-hydrogen) atoms.